The van der Waals surface area contributed by atoms with Crippen LogP contribution in [0.5, 0.6) is 11.5 Å². The van der Waals surface area contributed by atoms with Crippen molar-refractivity contribution in [3.8, 4) is 11.5 Å². The highest BCUT2D eigenvalue weighted by atomic mass is 35.5. The Kier molecular flexibility index (Phi) is 7.14. The molecular formula is C22H16ClN3O6. The maximum atomic E-state index is 12.3. The van der Waals surface area contributed by atoms with Crippen LogP contribution in [-0.4, -0.2) is 30.1 Å². The monoisotopic (exact) mass is 453 g/mol. The van der Waals surface area contributed by atoms with Crippen LogP contribution in [0, 0.1) is 10.1 Å². The fourth-order valence-corrected chi connectivity index (χ4v) is 2.78. The summed E-state index contributed by atoms with van der Waals surface area (Å²) in [5.74, 6) is -0.424. The lowest BCUT2D eigenvalue weighted by Gasteiger charge is -2.07. The number of nitrogens with zero attached hydrogens (tertiary/aromatic N) is 2. The minimum atomic E-state index is -0.610. The number of carbonyl (C=O) groups is 2. The number of hydrogen-bond acceptors (Lipinski definition) is 7. The molecule has 0 atom stereocenters. The number of amides is 1. The normalized spacial score (nSPS) is 10.6. The third kappa shape index (κ3) is 5.67. The van der Waals surface area contributed by atoms with Gasteiger partial charge in [0, 0.05) is 17.7 Å². The predicted octanol–water partition coefficient (Wildman–Crippen LogP) is 4.24. The van der Waals surface area contributed by atoms with Crippen LogP contribution in [0.4, 0.5) is 5.69 Å². The van der Waals surface area contributed by atoms with E-state index in [0.717, 1.165) is 6.07 Å². The average Bonchev–Trinajstić information content (AvgIpc) is 2.80. The predicted molar refractivity (Wildman–Crippen MR) is 118 cm³/mol. The number of ether oxygens (including phenoxy) is 2. The molecule has 0 saturated carbocycles. The zero-order valence-corrected chi connectivity index (χ0v) is 17.4. The number of hydrazone groups is 1. The van der Waals surface area contributed by atoms with Crippen LogP contribution in [0.2, 0.25) is 5.02 Å². The molecule has 9 nitrogen and oxygen atoms in total. The number of esters is 1. The summed E-state index contributed by atoms with van der Waals surface area (Å²) >= 11 is 6.18. The van der Waals surface area contributed by atoms with E-state index in [-0.39, 0.29) is 22.0 Å². The Morgan fingerprint density at radius 1 is 1.06 bits per heavy atom. The van der Waals surface area contributed by atoms with Gasteiger partial charge >= 0.3 is 5.97 Å². The molecule has 0 spiro atoms. The van der Waals surface area contributed by atoms with Crippen LogP contribution in [0.25, 0.3) is 0 Å². The minimum absolute atomic E-state index is 0.0928. The van der Waals surface area contributed by atoms with Gasteiger partial charge in [-0.1, -0.05) is 17.7 Å². The lowest BCUT2D eigenvalue weighted by molar-refractivity contribution is -0.384. The van der Waals surface area contributed by atoms with Crippen LogP contribution in [0.3, 0.4) is 0 Å². The average molecular weight is 454 g/mol. The van der Waals surface area contributed by atoms with Crippen LogP contribution in [-0.2, 0) is 0 Å². The molecule has 3 rings (SSSR count). The summed E-state index contributed by atoms with van der Waals surface area (Å²) < 4.78 is 10.4. The van der Waals surface area contributed by atoms with Crippen molar-refractivity contribution >= 4 is 35.4 Å². The summed E-state index contributed by atoms with van der Waals surface area (Å²) in [4.78, 5) is 34.6. The first-order chi connectivity index (χ1) is 15.4. The zero-order valence-electron chi connectivity index (χ0n) is 16.7. The van der Waals surface area contributed by atoms with Gasteiger partial charge in [-0.25, -0.2) is 10.2 Å². The zero-order chi connectivity index (χ0) is 23.1. The third-order valence-corrected chi connectivity index (χ3v) is 4.48. The number of halogens is 1. The van der Waals surface area contributed by atoms with Crippen molar-refractivity contribution in [2.24, 2.45) is 5.10 Å². The van der Waals surface area contributed by atoms with E-state index in [1.807, 2.05) is 0 Å². The van der Waals surface area contributed by atoms with E-state index in [0.29, 0.717) is 16.9 Å². The molecule has 10 heteroatoms. The molecule has 162 valence electrons. The van der Waals surface area contributed by atoms with E-state index in [2.05, 4.69) is 10.5 Å². The Hall–Kier alpha value is -4.24. The van der Waals surface area contributed by atoms with Crippen molar-refractivity contribution in [1.82, 2.24) is 5.43 Å². The van der Waals surface area contributed by atoms with Crippen molar-refractivity contribution in [2.45, 2.75) is 0 Å². The number of hydrogen-bond donors (Lipinski definition) is 1. The van der Waals surface area contributed by atoms with Crippen molar-refractivity contribution in [2.75, 3.05) is 7.11 Å². The van der Waals surface area contributed by atoms with Gasteiger partial charge in [0.25, 0.3) is 11.6 Å². The first kappa shape index (κ1) is 22.4. The molecule has 1 N–H and O–H groups in total. The van der Waals surface area contributed by atoms with Crippen LogP contribution in [0.1, 0.15) is 26.3 Å². The summed E-state index contributed by atoms with van der Waals surface area (Å²) in [6.07, 6.45) is 1.33. The summed E-state index contributed by atoms with van der Waals surface area (Å²) in [5.41, 5.74) is 3.03. The highest BCUT2D eigenvalue weighted by Gasteiger charge is 2.12. The Labute approximate surface area is 187 Å². The Morgan fingerprint density at radius 2 is 1.81 bits per heavy atom. The van der Waals surface area contributed by atoms with Crippen molar-refractivity contribution in [3.05, 3.63) is 98.6 Å². The smallest absolute Gasteiger partial charge is 0.343 e. The SMILES string of the molecule is COc1ccc(C(=O)Oc2ccc(/C=N/NC(=O)c3cccc([N+](=O)[O-])c3)cc2Cl)cc1. The van der Waals surface area contributed by atoms with Gasteiger partial charge in [-0.15, -0.1) is 0 Å². The molecule has 1 amide bonds. The second-order valence-corrected chi connectivity index (χ2v) is 6.72. The lowest BCUT2D eigenvalue weighted by Crippen LogP contribution is -2.17. The second kappa shape index (κ2) is 10.2. The number of non-ortho nitro benzene ring substituents is 1. The molecule has 0 aromatic heterocycles. The van der Waals surface area contributed by atoms with E-state index in [1.165, 1.54) is 43.7 Å². The molecular weight excluding hydrogens is 438 g/mol. The standard InChI is InChI=1S/C22H16ClN3O6/c1-31-18-8-6-15(7-9-18)22(28)32-20-10-5-14(11-19(20)23)13-24-25-21(27)16-3-2-4-17(12-16)26(29)30/h2-13H,1H3,(H,25,27)/b24-13+. The maximum absolute atomic E-state index is 12.3. The minimum Gasteiger partial charge on any atom is -0.497 e. The van der Waals surface area contributed by atoms with Gasteiger partial charge in [0.1, 0.15) is 11.5 Å². The molecule has 0 bridgehead atoms. The fourth-order valence-electron chi connectivity index (χ4n) is 2.56. The van der Waals surface area contributed by atoms with Gasteiger partial charge in [-0.3, -0.25) is 14.9 Å². The quantitative estimate of drug-likeness (QED) is 0.188. The van der Waals surface area contributed by atoms with E-state index in [4.69, 9.17) is 21.1 Å². The van der Waals surface area contributed by atoms with Crippen LogP contribution >= 0.6 is 11.6 Å². The van der Waals surface area contributed by atoms with E-state index in [9.17, 15) is 19.7 Å². The molecule has 32 heavy (non-hydrogen) atoms. The lowest BCUT2D eigenvalue weighted by atomic mass is 10.2. The highest BCUT2D eigenvalue weighted by Crippen LogP contribution is 2.26. The Morgan fingerprint density at radius 3 is 2.47 bits per heavy atom. The summed E-state index contributed by atoms with van der Waals surface area (Å²) in [7, 11) is 1.52. The molecule has 0 heterocycles. The number of methoxy groups -OCH3 is 1. The number of nitro benzene ring substituents is 1. The molecule has 0 aliphatic carbocycles. The first-order valence-corrected chi connectivity index (χ1v) is 9.49. The molecule has 0 saturated heterocycles. The number of rotatable bonds is 7. The molecule has 3 aromatic rings. The highest BCUT2D eigenvalue weighted by molar-refractivity contribution is 6.32. The van der Waals surface area contributed by atoms with Gasteiger partial charge in [-0.2, -0.15) is 5.10 Å². The fraction of sp³-hybridized carbons (Fsp3) is 0.0455. The van der Waals surface area contributed by atoms with E-state index < -0.39 is 16.8 Å². The maximum Gasteiger partial charge on any atom is 0.343 e. The third-order valence-electron chi connectivity index (χ3n) is 4.18. The second-order valence-electron chi connectivity index (χ2n) is 6.31. The van der Waals surface area contributed by atoms with Gasteiger partial charge in [0.05, 0.1) is 28.8 Å². The van der Waals surface area contributed by atoms with Crippen LogP contribution in [0.15, 0.2) is 71.8 Å². The number of nitro groups is 1. The first-order valence-electron chi connectivity index (χ1n) is 9.11. The number of carbonyl (C=O) groups excluding carboxylic acids is 2. The van der Waals surface area contributed by atoms with Crippen molar-refractivity contribution in [1.29, 1.82) is 0 Å². The Bertz CT molecular complexity index is 1190. The van der Waals surface area contributed by atoms with Gasteiger partial charge in [0.15, 0.2) is 0 Å². The Balaban J connectivity index is 1.62. The molecule has 0 aliphatic rings. The summed E-state index contributed by atoms with van der Waals surface area (Å²) in [5, 5.41) is 14.8. The number of benzene rings is 3. The molecule has 3 aromatic carbocycles. The van der Waals surface area contributed by atoms with Crippen LogP contribution < -0.4 is 14.9 Å². The molecule has 0 radical (unpaired) electrons. The molecule has 0 aliphatic heterocycles. The summed E-state index contributed by atoms with van der Waals surface area (Å²) in [6.45, 7) is 0. The summed E-state index contributed by atoms with van der Waals surface area (Å²) in [6, 6.07) is 16.3. The van der Waals surface area contributed by atoms with Gasteiger partial charge in [0.2, 0.25) is 0 Å². The number of nitrogens with one attached hydrogen (secondary N) is 1. The largest absolute Gasteiger partial charge is 0.497 e. The van der Waals surface area contributed by atoms with Crippen molar-refractivity contribution < 1.29 is 24.0 Å². The molecule has 0 unspecified atom stereocenters. The van der Waals surface area contributed by atoms with Gasteiger partial charge < -0.3 is 9.47 Å². The topological polar surface area (TPSA) is 120 Å². The molecule has 0 fully saturated rings. The van der Waals surface area contributed by atoms with E-state index >= 15 is 0 Å². The van der Waals surface area contributed by atoms with Crippen molar-refractivity contribution in [3.63, 3.8) is 0 Å². The van der Waals surface area contributed by atoms with Gasteiger partial charge in [-0.05, 0) is 54.1 Å². The van der Waals surface area contributed by atoms with E-state index in [1.54, 1.807) is 30.3 Å².